The first-order valence-corrected chi connectivity index (χ1v) is 6.14. The van der Waals surface area contributed by atoms with E-state index in [-0.39, 0.29) is 11.6 Å². The number of carbonyl (C=O) groups excluding carboxylic acids is 1. The van der Waals surface area contributed by atoms with Gasteiger partial charge in [0.25, 0.3) is 5.91 Å². The Bertz CT molecular complexity index is 707. The fraction of sp³-hybridized carbons (Fsp3) is 0.154. The number of benzene rings is 1. The van der Waals surface area contributed by atoms with E-state index < -0.39 is 11.5 Å². The van der Waals surface area contributed by atoms with Gasteiger partial charge in [-0.3, -0.25) is 4.79 Å². The topological polar surface area (TPSA) is 84.3 Å². The fourth-order valence-electron chi connectivity index (χ4n) is 2.22. The molecule has 6 nitrogen and oxygen atoms in total. The van der Waals surface area contributed by atoms with Gasteiger partial charge < -0.3 is 15.2 Å². The number of nitrogens with one attached hydrogen (secondary N) is 1. The molecule has 3 rings (SSSR count). The molecule has 20 heavy (non-hydrogen) atoms. The van der Waals surface area contributed by atoms with Crippen LogP contribution in [0.5, 0.6) is 5.88 Å². The summed E-state index contributed by atoms with van der Waals surface area (Å²) in [5.41, 5.74) is -1.13. The van der Waals surface area contributed by atoms with Crippen molar-refractivity contribution in [1.29, 1.82) is 0 Å². The molecule has 0 saturated carbocycles. The fourth-order valence-corrected chi connectivity index (χ4v) is 2.39. The van der Waals surface area contributed by atoms with Crippen LogP contribution < -0.4 is 10.1 Å². The average Bonchev–Trinajstić information content (AvgIpc) is 2.72. The van der Waals surface area contributed by atoms with E-state index in [0.717, 1.165) is 0 Å². The van der Waals surface area contributed by atoms with Crippen LogP contribution in [0.1, 0.15) is 11.3 Å². The van der Waals surface area contributed by atoms with Gasteiger partial charge in [0.2, 0.25) is 11.5 Å². The molecule has 2 aromatic rings. The minimum atomic E-state index is -1.97. The second-order valence-electron chi connectivity index (χ2n) is 4.27. The quantitative estimate of drug-likeness (QED) is 0.872. The molecule has 0 fully saturated rings. The third kappa shape index (κ3) is 1.65. The van der Waals surface area contributed by atoms with Crippen LogP contribution >= 0.6 is 11.6 Å². The molecule has 1 unspecified atom stereocenters. The highest BCUT2D eigenvalue weighted by molar-refractivity contribution is 6.31. The molecule has 2 heterocycles. The van der Waals surface area contributed by atoms with Gasteiger partial charge >= 0.3 is 0 Å². The van der Waals surface area contributed by atoms with Crippen molar-refractivity contribution in [3.63, 3.8) is 0 Å². The summed E-state index contributed by atoms with van der Waals surface area (Å²) in [6, 6.07) is 4.76. The summed E-state index contributed by atoms with van der Waals surface area (Å²) in [5.74, 6) is -0.536. The Labute approximate surface area is 119 Å². The largest absolute Gasteiger partial charge is 0.480 e. The molecule has 1 atom stereocenters. The Morgan fingerprint density at radius 2 is 2.10 bits per heavy atom. The van der Waals surface area contributed by atoms with E-state index in [9.17, 15) is 9.90 Å². The van der Waals surface area contributed by atoms with Gasteiger partial charge in [0.1, 0.15) is 5.69 Å². The summed E-state index contributed by atoms with van der Waals surface area (Å²) in [6.07, 6.45) is 2.79. The number of aliphatic hydroxyl groups is 1. The zero-order valence-electron chi connectivity index (χ0n) is 10.4. The molecule has 0 spiro atoms. The second-order valence-corrected chi connectivity index (χ2v) is 4.71. The van der Waals surface area contributed by atoms with Gasteiger partial charge in [0.05, 0.1) is 7.11 Å². The summed E-state index contributed by atoms with van der Waals surface area (Å²) < 4.78 is 5.07. The van der Waals surface area contributed by atoms with E-state index in [1.165, 1.54) is 25.6 Å². The van der Waals surface area contributed by atoms with Crippen LogP contribution in [-0.4, -0.2) is 28.1 Å². The molecule has 0 radical (unpaired) electrons. The highest BCUT2D eigenvalue weighted by Crippen LogP contribution is 2.43. The molecule has 102 valence electrons. The number of fused-ring (bicyclic) bond motifs is 1. The Hall–Kier alpha value is -2.18. The summed E-state index contributed by atoms with van der Waals surface area (Å²) >= 11 is 5.94. The number of hydrogen-bond donors (Lipinski definition) is 2. The first-order chi connectivity index (χ1) is 9.57. The number of aromatic nitrogens is 2. The highest BCUT2D eigenvalue weighted by atomic mass is 35.5. The first kappa shape index (κ1) is 12.8. The lowest BCUT2D eigenvalue weighted by molar-refractivity contribution is -0.130. The summed E-state index contributed by atoms with van der Waals surface area (Å²) in [7, 11) is 1.39. The maximum Gasteiger partial charge on any atom is 0.267 e. The van der Waals surface area contributed by atoms with Crippen molar-refractivity contribution in [1.82, 2.24) is 9.97 Å². The molecule has 0 bridgehead atoms. The monoisotopic (exact) mass is 291 g/mol. The number of methoxy groups -OCH3 is 1. The number of amides is 1. The standard InChI is InChI=1S/C13H10ClN3O3/c1-20-11-10(15-4-5-16-11)13(19)8-6-7(14)2-3-9(8)17-12(13)18/h2-6,19H,1H3,(H,17,18). The molecule has 0 aliphatic carbocycles. The van der Waals surface area contributed by atoms with Crippen LogP contribution in [0.3, 0.4) is 0 Å². The first-order valence-electron chi connectivity index (χ1n) is 5.76. The van der Waals surface area contributed by atoms with E-state index in [4.69, 9.17) is 16.3 Å². The van der Waals surface area contributed by atoms with E-state index >= 15 is 0 Å². The maximum atomic E-state index is 12.2. The van der Waals surface area contributed by atoms with Crippen molar-refractivity contribution in [2.24, 2.45) is 0 Å². The van der Waals surface area contributed by atoms with Gasteiger partial charge in [0, 0.05) is 28.7 Å². The molecule has 1 amide bonds. The van der Waals surface area contributed by atoms with E-state index in [1.54, 1.807) is 12.1 Å². The van der Waals surface area contributed by atoms with Gasteiger partial charge in [-0.2, -0.15) is 0 Å². The minimum absolute atomic E-state index is 0.0287. The second kappa shape index (κ2) is 4.43. The van der Waals surface area contributed by atoms with Crippen molar-refractivity contribution in [3.8, 4) is 5.88 Å². The maximum absolute atomic E-state index is 12.2. The van der Waals surface area contributed by atoms with Crippen LogP contribution in [-0.2, 0) is 10.4 Å². The Morgan fingerprint density at radius 1 is 1.35 bits per heavy atom. The Balaban J connectivity index is 2.27. The molecule has 1 aliphatic rings. The Morgan fingerprint density at radius 3 is 2.85 bits per heavy atom. The number of ether oxygens (including phenoxy) is 1. The predicted molar refractivity (Wildman–Crippen MR) is 71.7 cm³/mol. The van der Waals surface area contributed by atoms with Crippen LogP contribution in [0.4, 0.5) is 5.69 Å². The molecule has 2 N–H and O–H groups in total. The van der Waals surface area contributed by atoms with Gasteiger partial charge in [0.15, 0.2) is 0 Å². The number of rotatable bonds is 2. The molecule has 1 aliphatic heterocycles. The van der Waals surface area contributed by atoms with Crippen molar-refractivity contribution < 1.29 is 14.6 Å². The van der Waals surface area contributed by atoms with Crippen LogP contribution in [0, 0.1) is 0 Å². The molecular weight excluding hydrogens is 282 g/mol. The van der Waals surface area contributed by atoms with Crippen LogP contribution in [0.2, 0.25) is 5.02 Å². The number of carbonyl (C=O) groups is 1. The van der Waals surface area contributed by atoms with Crippen molar-refractivity contribution in [2.45, 2.75) is 5.60 Å². The normalized spacial score (nSPS) is 20.4. The number of hydrogen-bond acceptors (Lipinski definition) is 5. The van der Waals surface area contributed by atoms with Crippen LogP contribution in [0.15, 0.2) is 30.6 Å². The molecule has 1 aromatic heterocycles. The zero-order chi connectivity index (χ0) is 14.3. The summed E-state index contributed by atoms with van der Waals surface area (Å²) in [6.45, 7) is 0. The highest BCUT2D eigenvalue weighted by Gasteiger charge is 2.50. The zero-order valence-corrected chi connectivity index (χ0v) is 11.2. The number of nitrogens with zero attached hydrogens (tertiary/aromatic N) is 2. The van der Waals surface area contributed by atoms with Gasteiger partial charge in [-0.15, -0.1) is 0 Å². The molecular formula is C13H10ClN3O3. The third-order valence-electron chi connectivity index (χ3n) is 3.15. The molecule has 7 heteroatoms. The lowest BCUT2D eigenvalue weighted by atomic mass is 9.91. The number of halogens is 1. The van der Waals surface area contributed by atoms with Crippen molar-refractivity contribution >= 4 is 23.2 Å². The van der Waals surface area contributed by atoms with Crippen molar-refractivity contribution in [2.75, 3.05) is 12.4 Å². The van der Waals surface area contributed by atoms with E-state index in [1.807, 2.05) is 0 Å². The van der Waals surface area contributed by atoms with E-state index in [2.05, 4.69) is 15.3 Å². The van der Waals surface area contributed by atoms with Gasteiger partial charge in [-0.05, 0) is 18.2 Å². The SMILES string of the molecule is COc1nccnc1C1(O)C(=O)Nc2ccc(Cl)cc21. The minimum Gasteiger partial charge on any atom is -0.480 e. The lowest BCUT2D eigenvalue weighted by Gasteiger charge is -2.21. The third-order valence-corrected chi connectivity index (χ3v) is 3.38. The molecule has 0 saturated heterocycles. The Kier molecular flexibility index (Phi) is 2.84. The van der Waals surface area contributed by atoms with Gasteiger partial charge in [-0.25, -0.2) is 9.97 Å². The van der Waals surface area contributed by atoms with Gasteiger partial charge in [-0.1, -0.05) is 11.6 Å². The average molecular weight is 292 g/mol. The van der Waals surface area contributed by atoms with Crippen LogP contribution in [0.25, 0.3) is 0 Å². The predicted octanol–water partition coefficient (Wildman–Crippen LogP) is 1.33. The summed E-state index contributed by atoms with van der Waals surface area (Å²) in [4.78, 5) is 20.2. The molecule has 1 aromatic carbocycles. The summed E-state index contributed by atoms with van der Waals surface area (Å²) in [5, 5.41) is 13.9. The lowest BCUT2D eigenvalue weighted by Crippen LogP contribution is -2.36. The van der Waals surface area contributed by atoms with Crippen molar-refractivity contribution in [3.05, 3.63) is 46.9 Å². The number of anilines is 1. The van der Waals surface area contributed by atoms with E-state index in [0.29, 0.717) is 16.3 Å². The smallest absolute Gasteiger partial charge is 0.267 e.